The molecule has 0 aromatic rings. The molecule has 0 aromatic heterocycles. The second-order valence-corrected chi connectivity index (χ2v) is 8.95. The lowest BCUT2D eigenvalue weighted by molar-refractivity contribution is -0.142. The quantitative estimate of drug-likeness (QED) is 0.135. The molecule has 3 N–H and O–H groups in total. The Balaban J connectivity index is 3.61. The van der Waals surface area contributed by atoms with Gasteiger partial charge in [-0.3, -0.25) is 9.59 Å². The highest BCUT2D eigenvalue weighted by atomic mass is 16.4. The molecule has 1 amide bonds. The summed E-state index contributed by atoms with van der Waals surface area (Å²) in [6.07, 6.45) is 22.9. The van der Waals surface area contributed by atoms with E-state index in [1.165, 1.54) is 83.5 Å². The molecule has 5 nitrogen and oxygen atoms in total. The molecule has 0 aliphatic rings. The molecule has 0 heterocycles. The monoisotopic (exact) mass is 439 g/mol. The Bertz CT molecular complexity index is 462. The fourth-order valence-electron chi connectivity index (χ4n) is 3.65. The smallest absolute Gasteiger partial charge is 0.310 e. The summed E-state index contributed by atoms with van der Waals surface area (Å²) in [5.41, 5.74) is 0. The van der Waals surface area contributed by atoms with Crippen LogP contribution in [0, 0.1) is 5.92 Å². The van der Waals surface area contributed by atoms with Gasteiger partial charge < -0.3 is 15.5 Å². The van der Waals surface area contributed by atoms with E-state index in [9.17, 15) is 19.8 Å². The fourth-order valence-corrected chi connectivity index (χ4v) is 3.65. The molecule has 5 heteroatoms. The maximum atomic E-state index is 11.8. The van der Waals surface area contributed by atoms with Gasteiger partial charge in [0.2, 0.25) is 5.91 Å². The third kappa shape index (κ3) is 21.7. The number of aliphatic carboxylic acids is 1. The lowest BCUT2D eigenvalue weighted by atomic mass is 10.0. The van der Waals surface area contributed by atoms with Gasteiger partial charge in [0.15, 0.2) is 0 Å². The van der Waals surface area contributed by atoms with Crippen molar-refractivity contribution in [2.24, 2.45) is 5.92 Å². The summed E-state index contributed by atoms with van der Waals surface area (Å²) in [5.74, 6) is -2.03. The van der Waals surface area contributed by atoms with Crippen LogP contribution in [-0.4, -0.2) is 34.7 Å². The number of carboxylic acid groups (broad SMARTS) is 1. The fraction of sp³-hybridized carbons (Fsp3) is 0.846. The molecule has 0 rings (SSSR count). The third-order valence-electron chi connectivity index (χ3n) is 5.70. The van der Waals surface area contributed by atoms with Gasteiger partial charge >= 0.3 is 5.97 Å². The second kappa shape index (κ2) is 21.9. The average molecular weight is 440 g/mol. The van der Waals surface area contributed by atoms with E-state index in [0.717, 1.165) is 12.8 Å². The van der Waals surface area contributed by atoms with E-state index < -0.39 is 18.0 Å². The highest BCUT2D eigenvalue weighted by Crippen LogP contribution is 2.14. The third-order valence-corrected chi connectivity index (χ3v) is 5.70. The number of carbonyl (C=O) groups is 2. The zero-order chi connectivity index (χ0) is 23.2. The summed E-state index contributed by atoms with van der Waals surface area (Å²) in [7, 11) is 0. The summed E-state index contributed by atoms with van der Waals surface area (Å²) in [4.78, 5) is 23.2. The number of nitrogens with one attached hydrogen (secondary N) is 1. The Kier molecular flexibility index (Phi) is 20.9. The molecule has 0 saturated carbocycles. The summed E-state index contributed by atoms with van der Waals surface area (Å²) >= 11 is 0. The number of carbonyl (C=O) groups excluding carboxylic acids is 1. The first kappa shape index (κ1) is 29.6. The Morgan fingerprint density at radius 1 is 0.839 bits per heavy atom. The number of aliphatic hydroxyl groups excluding tert-OH is 1. The number of amides is 1. The van der Waals surface area contributed by atoms with Crippen molar-refractivity contribution in [3.05, 3.63) is 12.2 Å². The molecule has 0 aromatic carbocycles. The molecule has 0 aliphatic heterocycles. The van der Waals surface area contributed by atoms with Crippen LogP contribution in [0.15, 0.2) is 12.2 Å². The van der Waals surface area contributed by atoms with Crippen molar-refractivity contribution in [3.63, 3.8) is 0 Å². The minimum absolute atomic E-state index is 0.0512. The zero-order valence-corrected chi connectivity index (χ0v) is 20.2. The van der Waals surface area contributed by atoms with Gasteiger partial charge in [0, 0.05) is 13.0 Å². The van der Waals surface area contributed by atoms with E-state index in [1.807, 2.05) is 6.08 Å². The summed E-state index contributed by atoms with van der Waals surface area (Å²) < 4.78 is 0. The molecule has 0 radical (unpaired) electrons. The topological polar surface area (TPSA) is 86.6 Å². The van der Waals surface area contributed by atoms with Crippen LogP contribution >= 0.6 is 0 Å². The molecule has 0 aliphatic carbocycles. The Morgan fingerprint density at radius 2 is 1.32 bits per heavy atom. The normalized spacial score (nSPS) is 13.4. The van der Waals surface area contributed by atoms with Crippen LogP contribution in [0.3, 0.4) is 0 Å². The van der Waals surface area contributed by atoms with E-state index >= 15 is 0 Å². The number of carboxylic acids is 1. The molecule has 0 fully saturated rings. The van der Waals surface area contributed by atoms with Gasteiger partial charge in [-0.05, 0) is 26.2 Å². The number of allylic oxidation sites excluding steroid dienone is 1. The number of hydrogen-bond acceptors (Lipinski definition) is 3. The number of rotatable bonds is 22. The summed E-state index contributed by atoms with van der Waals surface area (Å²) in [6.45, 7) is 4.29. The SMILES string of the molecule is CCCCCCCCCCCCCCCCC=CC(CC(=O)NCCC(C)O)C(=O)O. The van der Waals surface area contributed by atoms with Crippen molar-refractivity contribution in [1.82, 2.24) is 5.32 Å². The van der Waals surface area contributed by atoms with Crippen LogP contribution in [0.1, 0.15) is 123 Å². The zero-order valence-electron chi connectivity index (χ0n) is 20.2. The first-order valence-corrected chi connectivity index (χ1v) is 12.8. The molecule has 0 bridgehead atoms. The molecular formula is C26H49NO4. The predicted octanol–water partition coefficient (Wildman–Crippen LogP) is 6.39. The van der Waals surface area contributed by atoms with Crippen LogP contribution in [0.5, 0.6) is 0 Å². The van der Waals surface area contributed by atoms with Crippen LogP contribution in [-0.2, 0) is 9.59 Å². The van der Waals surface area contributed by atoms with E-state index in [2.05, 4.69) is 12.2 Å². The Morgan fingerprint density at radius 3 is 1.77 bits per heavy atom. The number of unbranched alkanes of at least 4 members (excludes halogenated alkanes) is 14. The van der Waals surface area contributed by atoms with E-state index in [1.54, 1.807) is 13.0 Å². The van der Waals surface area contributed by atoms with Gasteiger partial charge in [-0.1, -0.05) is 103 Å². The molecular weight excluding hydrogens is 390 g/mol. The van der Waals surface area contributed by atoms with Gasteiger partial charge in [-0.2, -0.15) is 0 Å². The maximum absolute atomic E-state index is 11.8. The van der Waals surface area contributed by atoms with Gasteiger partial charge in [0.1, 0.15) is 0 Å². The molecule has 31 heavy (non-hydrogen) atoms. The van der Waals surface area contributed by atoms with Crippen LogP contribution in [0.2, 0.25) is 0 Å². The summed E-state index contributed by atoms with van der Waals surface area (Å²) in [5, 5.41) is 21.1. The van der Waals surface area contributed by atoms with Crippen molar-refractivity contribution in [2.75, 3.05) is 6.54 Å². The van der Waals surface area contributed by atoms with Crippen LogP contribution in [0.25, 0.3) is 0 Å². The van der Waals surface area contributed by atoms with Crippen LogP contribution in [0.4, 0.5) is 0 Å². The highest BCUT2D eigenvalue weighted by molar-refractivity contribution is 5.83. The number of hydrogen-bond donors (Lipinski definition) is 3. The van der Waals surface area contributed by atoms with Crippen molar-refractivity contribution in [1.29, 1.82) is 0 Å². The summed E-state index contributed by atoms with van der Waals surface area (Å²) in [6, 6.07) is 0. The Labute approximate surface area is 191 Å². The molecule has 182 valence electrons. The van der Waals surface area contributed by atoms with Crippen molar-refractivity contribution >= 4 is 11.9 Å². The largest absolute Gasteiger partial charge is 0.481 e. The van der Waals surface area contributed by atoms with Crippen molar-refractivity contribution in [2.45, 2.75) is 129 Å². The second-order valence-electron chi connectivity index (χ2n) is 8.95. The predicted molar refractivity (Wildman–Crippen MR) is 129 cm³/mol. The molecule has 2 atom stereocenters. The van der Waals surface area contributed by atoms with E-state index in [0.29, 0.717) is 13.0 Å². The van der Waals surface area contributed by atoms with Crippen molar-refractivity contribution < 1.29 is 19.8 Å². The van der Waals surface area contributed by atoms with Gasteiger partial charge in [0.25, 0.3) is 0 Å². The average Bonchev–Trinajstić information content (AvgIpc) is 2.72. The lowest BCUT2D eigenvalue weighted by Crippen LogP contribution is -2.29. The first-order valence-electron chi connectivity index (χ1n) is 12.8. The highest BCUT2D eigenvalue weighted by Gasteiger charge is 2.17. The van der Waals surface area contributed by atoms with Gasteiger partial charge in [-0.15, -0.1) is 0 Å². The van der Waals surface area contributed by atoms with Crippen LogP contribution < -0.4 is 5.32 Å². The minimum atomic E-state index is -0.970. The Hall–Kier alpha value is -1.36. The standard InChI is InChI=1S/C26H49NO4/c1-3-4-5-6-7-8-9-10-11-12-13-14-15-16-17-18-19-24(26(30)31)22-25(29)27-21-20-23(2)28/h18-19,23-24,28H,3-17,20-22H2,1-2H3,(H,27,29)(H,30,31). The van der Waals surface area contributed by atoms with E-state index in [4.69, 9.17) is 0 Å². The van der Waals surface area contributed by atoms with Crippen molar-refractivity contribution in [3.8, 4) is 0 Å². The number of aliphatic hydroxyl groups is 1. The molecule has 2 unspecified atom stereocenters. The van der Waals surface area contributed by atoms with E-state index in [-0.39, 0.29) is 12.3 Å². The maximum Gasteiger partial charge on any atom is 0.310 e. The lowest BCUT2D eigenvalue weighted by Gasteiger charge is -2.09. The molecule has 0 saturated heterocycles. The van der Waals surface area contributed by atoms with Gasteiger partial charge in [0.05, 0.1) is 12.0 Å². The van der Waals surface area contributed by atoms with Gasteiger partial charge in [-0.25, -0.2) is 0 Å². The molecule has 0 spiro atoms. The first-order chi connectivity index (χ1) is 15.0. The minimum Gasteiger partial charge on any atom is -0.481 e.